The fraction of sp³-hybridized carbons (Fsp3) is 0.0690. The lowest BCUT2D eigenvalue weighted by atomic mass is 9.80. The topological polar surface area (TPSA) is 17.0 Å². The van der Waals surface area contributed by atoms with Gasteiger partial charge in [0, 0.05) is 44.0 Å². The number of halogens is 1. The van der Waals surface area contributed by atoms with Crippen LogP contribution in [-0.4, -0.2) is 4.57 Å². The van der Waals surface area contributed by atoms with Gasteiger partial charge in [-0.2, -0.15) is 0 Å². The molecule has 0 radical (unpaired) electrons. The first-order valence-electron chi connectivity index (χ1n) is 21.0. The first-order valence-corrected chi connectivity index (χ1v) is 21.3. The molecule has 0 aliphatic rings. The number of para-hydroxylation sites is 2. The highest BCUT2D eigenvalue weighted by Crippen LogP contribution is 2.45. The van der Waals surface area contributed by atoms with E-state index in [2.05, 4.69) is 225 Å². The molecule has 1 aromatic heterocycles. The maximum Gasteiger partial charge on any atom is 0.0618 e. The van der Waals surface area contributed by atoms with E-state index in [-0.39, 0.29) is 5.41 Å². The molecule has 61 heavy (non-hydrogen) atoms. The molecule has 0 unspecified atom stereocenters. The van der Waals surface area contributed by atoms with Crippen LogP contribution in [0.5, 0.6) is 0 Å². The number of benzene rings is 9. The molecule has 0 amide bonds. The van der Waals surface area contributed by atoms with E-state index in [1.54, 1.807) is 0 Å². The van der Waals surface area contributed by atoms with Crippen LogP contribution in [0.4, 0.5) is 11.4 Å². The molecule has 294 valence electrons. The lowest BCUT2D eigenvalue weighted by molar-refractivity contribution is 0.592. The number of fused-ring (bicyclic) bond motifs is 7. The molecule has 1 heterocycles. The Morgan fingerprint density at radius 2 is 0.934 bits per heavy atom. The van der Waals surface area contributed by atoms with Gasteiger partial charge in [0.2, 0.25) is 0 Å². The van der Waals surface area contributed by atoms with Crippen LogP contribution < -0.4 is 5.32 Å². The molecule has 10 rings (SSSR count). The quantitative estimate of drug-likeness (QED) is 0.177. The number of hydrogen-bond acceptors (Lipinski definition) is 1. The summed E-state index contributed by atoms with van der Waals surface area (Å²) in [6.45, 7) is 6.96. The maximum atomic E-state index is 6.67. The Bertz CT molecular complexity index is 3300. The molecule has 0 aliphatic carbocycles. The Kier molecular flexibility index (Phi) is 9.87. The second kappa shape index (κ2) is 15.8. The predicted octanol–water partition coefficient (Wildman–Crippen LogP) is 16.9. The van der Waals surface area contributed by atoms with Crippen molar-refractivity contribution >= 4 is 66.3 Å². The smallest absolute Gasteiger partial charge is 0.0618 e. The Morgan fingerprint density at radius 1 is 0.426 bits per heavy atom. The van der Waals surface area contributed by atoms with E-state index in [1.165, 1.54) is 38.2 Å². The summed E-state index contributed by atoms with van der Waals surface area (Å²) >= 11 is 6.67. The molecular weight excluding hydrogens is 760 g/mol. The van der Waals surface area contributed by atoms with Crippen LogP contribution in [0.1, 0.15) is 26.3 Å². The van der Waals surface area contributed by atoms with Gasteiger partial charge < -0.3 is 9.88 Å². The molecule has 0 bridgehead atoms. The molecule has 1 N–H and O–H groups in total. The summed E-state index contributed by atoms with van der Waals surface area (Å²) in [6.07, 6.45) is 0. The van der Waals surface area contributed by atoms with Crippen LogP contribution in [-0.2, 0) is 5.41 Å². The Morgan fingerprint density at radius 3 is 1.57 bits per heavy atom. The molecule has 0 aliphatic heterocycles. The third-order valence-electron chi connectivity index (χ3n) is 11.8. The van der Waals surface area contributed by atoms with Gasteiger partial charge in [-0.1, -0.05) is 208 Å². The van der Waals surface area contributed by atoms with Gasteiger partial charge >= 0.3 is 0 Å². The molecule has 10 aromatic rings. The fourth-order valence-corrected chi connectivity index (χ4v) is 9.17. The van der Waals surface area contributed by atoms with Crippen molar-refractivity contribution in [2.75, 3.05) is 5.32 Å². The van der Waals surface area contributed by atoms with E-state index in [0.29, 0.717) is 5.02 Å². The van der Waals surface area contributed by atoms with Gasteiger partial charge in [0.05, 0.1) is 11.0 Å². The first kappa shape index (κ1) is 38.1. The van der Waals surface area contributed by atoms with Gasteiger partial charge in [-0.15, -0.1) is 0 Å². The second-order valence-electron chi connectivity index (χ2n) is 16.8. The molecule has 0 fully saturated rings. The summed E-state index contributed by atoms with van der Waals surface area (Å²) in [6, 6.07) is 76.6. The standard InChI is InChI=1S/C58H45ClN2/c1-58(2,3)53-37-45(38-54(60-44-23-16-22-43(59)36-44)56(53)42-34-32-40(33-35-42)39-18-6-4-7-19-39)61-55-31-15-14-28-51(55)49-26-12-10-24-47(49)48-25-11-13-27-50(48)52-30-17-29-46(57(52)61)41-20-8-5-9-21-41/h4-38,60H,1-3H3. The van der Waals surface area contributed by atoms with Crippen molar-refractivity contribution in [1.82, 2.24) is 4.57 Å². The zero-order chi connectivity index (χ0) is 41.5. The Labute approximate surface area is 362 Å². The Hall–Kier alpha value is -7.13. The average Bonchev–Trinajstić information content (AvgIpc) is 3.33. The van der Waals surface area contributed by atoms with Gasteiger partial charge in [-0.05, 0) is 91.2 Å². The van der Waals surface area contributed by atoms with E-state index in [1.807, 2.05) is 18.2 Å². The molecule has 2 nitrogen and oxygen atoms in total. The van der Waals surface area contributed by atoms with E-state index in [0.717, 1.165) is 61.1 Å². The van der Waals surface area contributed by atoms with Gasteiger partial charge in [-0.3, -0.25) is 0 Å². The zero-order valence-electron chi connectivity index (χ0n) is 34.5. The van der Waals surface area contributed by atoms with Crippen molar-refractivity contribution in [2.45, 2.75) is 26.2 Å². The van der Waals surface area contributed by atoms with Crippen molar-refractivity contribution in [2.24, 2.45) is 0 Å². The minimum Gasteiger partial charge on any atom is -0.355 e. The molecule has 0 saturated carbocycles. The van der Waals surface area contributed by atoms with Crippen molar-refractivity contribution in [3.63, 3.8) is 0 Å². The molecule has 3 heteroatoms. The first-order chi connectivity index (χ1) is 29.8. The Balaban J connectivity index is 1.41. The number of nitrogens with zero attached hydrogens (tertiary/aromatic N) is 1. The van der Waals surface area contributed by atoms with Crippen molar-refractivity contribution in [3.05, 3.63) is 223 Å². The summed E-state index contributed by atoms with van der Waals surface area (Å²) in [5.41, 5.74) is 13.1. The number of rotatable bonds is 6. The number of nitrogens with one attached hydrogen (secondary N) is 1. The molecule has 0 spiro atoms. The molecular formula is C58H45ClN2. The van der Waals surface area contributed by atoms with Crippen LogP contribution in [0.2, 0.25) is 5.02 Å². The normalized spacial score (nSPS) is 11.6. The second-order valence-corrected chi connectivity index (χ2v) is 17.2. The van der Waals surface area contributed by atoms with Crippen LogP contribution >= 0.6 is 11.6 Å². The highest BCUT2D eigenvalue weighted by molar-refractivity contribution is 6.30. The van der Waals surface area contributed by atoms with Crippen LogP contribution in [0.3, 0.4) is 0 Å². The lowest BCUT2D eigenvalue weighted by Crippen LogP contribution is -2.15. The SMILES string of the molecule is CC(C)(C)c1cc(-n2c3ccccc3c3ccccc3c3ccccc3c3cccc(-c4ccccc4)c32)cc(Nc2cccc(Cl)c2)c1-c1ccc(-c2ccccc2)cc1. The highest BCUT2D eigenvalue weighted by atomic mass is 35.5. The minimum absolute atomic E-state index is 0.256. The van der Waals surface area contributed by atoms with E-state index in [4.69, 9.17) is 11.6 Å². The third kappa shape index (κ3) is 7.20. The summed E-state index contributed by atoms with van der Waals surface area (Å²) in [7, 11) is 0. The van der Waals surface area contributed by atoms with Crippen molar-refractivity contribution in [1.29, 1.82) is 0 Å². The molecule has 0 atom stereocenters. The predicted molar refractivity (Wildman–Crippen MR) is 263 cm³/mol. The van der Waals surface area contributed by atoms with E-state index in [9.17, 15) is 0 Å². The maximum absolute atomic E-state index is 6.67. The van der Waals surface area contributed by atoms with Gasteiger partial charge in [0.15, 0.2) is 0 Å². The summed E-state index contributed by atoms with van der Waals surface area (Å²) in [4.78, 5) is 0. The van der Waals surface area contributed by atoms with Crippen molar-refractivity contribution < 1.29 is 0 Å². The van der Waals surface area contributed by atoms with Crippen molar-refractivity contribution in [3.8, 4) is 39.1 Å². The van der Waals surface area contributed by atoms with Gasteiger partial charge in [-0.25, -0.2) is 0 Å². The van der Waals surface area contributed by atoms with E-state index < -0.39 is 0 Å². The van der Waals surface area contributed by atoms with Gasteiger partial charge in [0.25, 0.3) is 0 Å². The third-order valence-corrected chi connectivity index (χ3v) is 12.0. The van der Waals surface area contributed by atoms with Crippen LogP contribution in [0, 0.1) is 0 Å². The summed E-state index contributed by atoms with van der Waals surface area (Å²) < 4.78 is 2.52. The van der Waals surface area contributed by atoms with Crippen LogP contribution in [0.25, 0.3) is 82.4 Å². The highest BCUT2D eigenvalue weighted by Gasteiger charge is 2.25. The average molecular weight is 805 g/mol. The zero-order valence-corrected chi connectivity index (χ0v) is 35.3. The lowest BCUT2D eigenvalue weighted by Gasteiger charge is -2.28. The van der Waals surface area contributed by atoms with Crippen LogP contribution in [0.15, 0.2) is 212 Å². The largest absolute Gasteiger partial charge is 0.355 e. The number of anilines is 2. The van der Waals surface area contributed by atoms with E-state index >= 15 is 0 Å². The number of aromatic nitrogens is 1. The molecule has 0 saturated heterocycles. The number of hydrogen-bond donors (Lipinski definition) is 1. The minimum atomic E-state index is -0.256. The summed E-state index contributed by atoms with van der Waals surface area (Å²) in [5.74, 6) is 0. The fourth-order valence-electron chi connectivity index (χ4n) is 8.98. The monoisotopic (exact) mass is 804 g/mol. The molecule has 9 aromatic carbocycles. The van der Waals surface area contributed by atoms with Gasteiger partial charge in [0.1, 0.15) is 0 Å². The summed E-state index contributed by atoms with van der Waals surface area (Å²) in [5, 5.41) is 11.7.